The number of amides is 1. The molecule has 0 aliphatic carbocycles. The summed E-state index contributed by atoms with van der Waals surface area (Å²) in [6, 6.07) is 11.6. The highest BCUT2D eigenvalue weighted by atomic mass is 19.3. The average molecular weight is 372 g/mol. The van der Waals surface area contributed by atoms with Crippen molar-refractivity contribution in [1.29, 1.82) is 0 Å². The Morgan fingerprint density at radius 2 is 2.00 bits per heavy atom. The number of aromatic nitrogens is 3. The van der Waals surface area contributed by atoms with Gasteiger partial charge in [0.25, 0.3) is 5.91 Å². The number of carbonyl (C=O) groups is 1. The first-order valence-corrected chi connectivity index (χ1v) is 8.38. The number of pyridine rings is 1. The van der Waals surface area contributed by atoms with Crippen LogP contribution < -0.4 is 10.1 Å². The van der Waals surface area contributed by atoms with Gasteiger partial charge in [-0.1, -0.05) is 25.1 Å². The lowest BCUT2D eigenvalue weighted by Crippen LogP contribution is -2.23. The molecule has 1 aromatic carbocycles. The van der Waals surface area contributed by atoms with Gasteiger partial charge in [-0.25, -0.2) is 9.67 Å². The fourth-order valence-electron chi connectivity index (χ4n) is 2.65. The largest absolute Gasteiger partial charge is 0.435 e. The van der Waals surface area contributed by atoms with E-state index in [1.165, 1.54) is 18.3 Å². The molecule has 27 heavy (non-hydrogen) atoms. The van der Waals surface area contributed by atoms with Crippen LogP contribution in [0.2, 0.25) is 0 Å². The molecule has 0 atom stereocenters. The summed E-state index contributed by atoms with van der Waals surface area (Å²) in [5, 5.41) is 7.09. The van der Waals surface area contributed by atoms with Gasteiger partial charge in [0.15, 0.2) is 5.82 Å². The third-order valence-corrected chi connectivity index (χ3v) is 3.92. The molecule has 8 heteroatoms. The van der Waals surface area contributed by atoms with Gasteiger partial charge in [-0.05, 0) is 36.2 Å². The van der Waals surface area contributed by atoms with Crippen LogP contribution in [0.15, 0.2) is 54.9 Å². The number of hydrogen-bond acceptors (Lipinski definition) is 4. The lowest BCUT2D eigenvalue weighted by Gasteiger charge is -2.09. The van der Waals surface area contributed by atoms with Gasteiger partial charge < -0.3 is 10.1 Å². The van der Waals surface area contributed by atoms with Crippen LogP contribution in [-0.2, 0) is 13.0 Å². The minimum atomic E-state index is -2.86. The highest BCUT2D eigenvalue weighted by molar-refractivity contribution is 5.95. The van der Waals surface area contributed by atoms with Crippen molar-refractivity contribution in [3.8, 4) is 11.6 Å². The lowest BCUT2D eigenvalue weighted by molar-refractivity contribution is -0.0498. The minimum absolute atomic E-state index is 0.0741. The van der Waals surface area contributed by atoms with Gasteiger partial charge in [-0.2, -0.15) is 13.9 Å². The van der Waals surface area contributed by atoms with Crippen molar-refractivity contribution in [1.82, 2.24) is 20.1 Å². The van der Waals surface area contributed by atoms with E-state index in [4.69, 9.17) is 0 Å². The van der Waals surface area contributed by atoms with Crippen molar-refractivity contribution in [2.75, 3.05) is 0 Å². The molecule has 0 aliphatic rings. The molecule has 1 N–H and O–H groups in total. The molecule has 0 saturated carbocycles. The summed E-state index contributed by atoms with van der Waals surface area (Å²) in [6.45, 7) is -0.667. The first-order valence-electron chi connectivity index (χ1n) is 8.38. The van der Waals surface area contributed by atoms with E-state index in [9.17, 15) is 13.6 Å². The smallest absolute Gasteiger partial charge is 0.387 e. The zero-order valence-corrected chi connectivity index (χ0v) is 14.6. The van der Waals surface area contributed by atoms with Crippen LogP contribution >= 0.6 is 0 Å². The molecular formula is C19H18F2N4O2. The Kier molecular flexibility index (Phi) is 5.75. The van der Waals surface area contributed by atoms with Crippen LogP contribution in [0.3, 0.4) is 0 Å². The maximum Gasteiger partial charge on any atom is 0.387 e. The van der Waals surface area contributed by atoms with Crippen molar-refractivity contribution in [2.45, 2.75) is 26.5 Å². The minimum Gasteiger partial charge on any atom is -0.435 e. The van der Waals surface area contributed by atoms with Crippen molar-refractivity contribution < 1.29 is 18.3 Å². The van der Waals surface area contributed by atoms with Gasteiger partial charge in [-0.3, -0.25) is 4.79 Å². The highest BCUT2D eigenvalue weighted by Gasteiger charge is 2.17. The number of ether oxygens (including phenoxy) is 1. The van der Waals surface area contributed by atoms with Gasteiger partial charge in [0, 0.05) is 12.7 Å². The summed E-state index contributed by atoms with van der Waals surface area (Å²) in [5.74, 6) is 0.454. The molecular weight excluding hydrogens is 354 g/mol. The van der Waals surface area contributed by atoms with Crippen molar-refractivity contribution >= 4 is 5.91 Å². The van der Waals surface area contributed by atoms with Crippen molar-refractivity contribution in [2.24, 2.45) is 0 Å². The van der Waals surface area contributed by atoms with Gasteiger partial charge in [0.2, 0.25) is 0 Å². The quantitative estimate of drug-likeness (QED) is 0.691. The molecule has 3 aromatic rings. The Hall–Kier alpha value is -3.29. The molecule has 2 aromatic heterocycles. The number of benzene rings is 1. The Balaban J connectivity index is 1.69. The first-order chi connectivity index (χ1) is 13.1. The predicted molar refractivity (Wildman–Crippen MR) is 95.0 cm³/mol. The van der Waals surface area contributed by atoms with Gasteiger partial charge in [0.05, 0.1) is 17.5 Å². The third kappa shape index (κ3) is 4.46. The van der Waals surface area contributed by atoms with Crippen LogP contribution in [-0.4, -0.2) is 27.3 Å². The van der Waals surface area contributed by atoms with E-state index in [0.717, 1.165) is 11.3 Å². The molecule has 0 fully saturated rings. The van der Waals surface area contributed by atoms with Crippen LogP contribution in [0.5, 0.6) is 5.75 Å². The Labute approximate surface area is 154 Å². The number of hydrogen-bond donors (Lipinski definition) is 1. The van der Waals surface area contributed by atoms with Crippen molar-refractivity contribution in [3.05, 3.63) is 71.7 Å². The molecule has 0 radical (unpaired) electrons. The van der Waals surface area contributed by atoms with Crippen LogP contribution in [0.1, 0.15) is 28.5 Å². The fraction of sp³-hybridized carbons (Fsp3) is 0.211. The topological polar surface area (TPSA) is 69.0 Å². The second kappa shape index (κ2) is 8.39. The van der Waals surface area contributed by atoms with Gasteiger partial charge >= 0.3 is 6.61 Å². The number of carbonyl (C=O) groups excluding carboxylic acids is 1. The zero-order chi connectivity index (χ0) is 19.2. The van der Waals surface area contributed by atoms with E-state index in [-0.39, 0.29) is 18.2 Å². The molecule has 2 heterocycles. The predicted octanol–water partition coefficient (Wildman–Crippen LogP) is 3.36. The monoisotopic (exact) mass is 372 g/mol. The van der Waals surface area contributed by atoms with E-state index < -0.39 is 6.61 Å². The SMILES string of the molecule is CCc1c(C(=O)NCc2ccc(OC(F)F)cc2)cnn1-c1ccccn1. The molecule has 0 unspecified atom stereocenters. The lowest BCUT2D eigenvalue weighted by atomic mass is 10.1. The summed E-state index contributed by atoms with van der Waals surface area (Å²) in [4.78, 5) is 16.8. The fourth-order valence-corrected chi connectivity index (χ4v) is 2.65. The van der Waals surface area contributed by atoms with E-state index >= 15 is 0 Å². The number of alkyl halides is 2. The van der Waals surface area contributed by atoms with Crippen LogP contribution in [0, 0.1) is 0 Å². The zero-order valence-electron chi connectivity index (χ0n) is 14.6. The average Bonchev–Trinajstić information content (AvgIpc) is 3.11. The summed E-state index contributed by atoms with van der Waals surface area (Å²) >= 11 is 0. The maximum atomic E-state index is 12.5. The molecule has 0 aliphatic heterocycles. The van der Waals surface area contributed by atoms with E-state index in [2.05, 4.69) is 20.1 Å². The molecule has 3 rings (SSSR count). The summed E-state index contributed by atoms with van der Waals surface area (Å²) in [6.07, 6.45) is 3.79. The molecule has 0 spiro atoms. The molecule has 0 saturated heterocycles. The Bertz CT molecular complexity index is 896. The number of nitrogens with one attached hydrogen (secondary N) is 1. The highest BCUT2D eigenvalue weighted by Crippen LogP contribution is 2.16. The first kappa shape index (κ1) is 18.5. The maximum absolute atomic E-state index is 12.5. The molecule has 0 bridgehead atoms. The van der Waals surface area contributed by atoms with Crippen molar-refractivity contribution in [3.63, 3.8) is 0 Å². The van der Waals surface area contributed by atoms with Crippen LogP contribution in [0.25, 0.3) is 5.82 Å². The summed E-state index contributed by atoms with van der Waals surface area (Å²) in [5.41, 5.74) is 1.99. The summed E-state index contributed by atoms with van der Waals surface area (Å²) in [7, 11) is 0. The second-order valence-corrected chi connectivity index (χ2v) is 5.66. The number of nitrogens with zero attached hydrogens (tertiary/aromatic N) is 3. The number of rotatable bonds is 7. The Morgan fingerprint density at radius 1 is 1.22 bits per heavy atom. The normalized spacial score (nSPS) is 10.8. The standard InChI is InChI=1S/C19H18F2N4O2/c1-2-16-15(12-24-25(16)17-5-3-4-10-22-17)18(26)23-11-13-6-8-14(9-7-13)27-19(20)21/h3-10,12,19H,2,11H2,1H3,(H,23,26). The molecule has 1 amide bonds. The van der Waals surface area contributed by atoms with E-state index in [0.29, 0.717) is 17.8 Å². The number of halogens is 2. The molecule has 140 valence electrons. The Morgan fingerprint density at radius 3 is 2.63 bits per heavy atom. The summed E-state index contributed by atoms with van der Waals surface area (Å²) < 4.78 is 30.3. The van der Waals surface area contributed by atoms with Gasteiger partial charge in [0.1, 0.15) is 5.75 Å². The third-order valence-electron chi connectivity index (χ3n) is 3.92. The second-order valence-electron chi connectivity index (χ2n) is 5.66. The van der Waals surface area contributed by atoms with E-state index in [1.54, 1.807) is 23.0 Å². The van der Waals surface area contributed by atoms with Gasteiger partial charge in [-0.15, -0.1) is 0 Å². The van der Waals surface area contributed by atoms with E-state index in [1.807, 2.05) is 25.1 Å². The molecule has 6 nitrogen and oxygen atoms in total. The van der Waals surface area contributed by atoms with Crippen LogP contribution in [0.4, 0.5) is 8.78 Å².